The molecule has 0 radical (unpaired) electrons. The smallest absolute Gasteiger partial charge is 0.248 e. The molecule has 0 spiro atoms. The number of carbonyl (C=O) groups excluding carboxylic acids is 2. The van der Waals surface area contributed by atoms with Crippen molar-refractivity contribution in [2.45, 2.75) is 6.42 Å². The SMILES string of the molecule is NC(=O)c1cccc(Oc2ccc(NC(=O)Cc3csc(-c4ccsc4)n3)cn2)c1. The summed E-state index contributed by atoms with van der Waals surface area (Å²) in [5, 5.41) is 9.62. The predicted octanol–water partition coefficient (Wildman–Crippen LogP) is 4.34. The Morgan fingerprint density at radius 3 is 2.77 bits per heavy atom. The summed E-state index contributed by atoms with van der Waals surface area (Å²) < 4.78 is 5.62. The fourth-order valence-electron chi connectivity index (χ4n) is 2.62. The average molecular weight is 437 g/mol. The Kier molecular flexibility index (Phi) is 5.82. The molecule has 4 rings (SSSR count). The van der Waals surface area contributed by atoms with Crippen LogP contribution < -0.4 is 15.8 Å². The van der Waals surface area contributed by atoms with Gasteiger partial charge in [-0.25, -0.2) is 9.97 Å². The number of pyridine rings is 1. The molecule has 0 aliphatic carbocycles. The summed E-state index contributed by atoms with van der Waals surface area (Å²) >= 11 is 3.13. The lowest BCUT2D eigenvalue weighted by atomic mass is 10.2. The van der Waals surface area contributed by atoms with Crippen LogP contribution in [0.1, 0.15) is 16.1 Å². The molecule has 9 heteroatoms. The van der Waals surface area contributed by atoms with Crippen molar-refractivity contribution in [3.05, 3.63) is 76.1 Å². The van der Waals surface area contributed by atoms with Gasteiger partial charge in [0.25, 0.3) is 0 Å². The van der Waals surface area contributed by atoms with Gasteiger partial charge in [-0.05, 0) is 35.7 Å². The number of nitrogens with zero attached hydrogens (tertiary/aromatic N) is 2. The molecule has 3 N–H and O–H groups in total. The van der Waals surface area contributed by atoms with Crippen LogP contribution in [-0.2, 0) is 11.2 Å². The number of thiophene rings is 1. The van der Waals surface area contributed by atoms with Crippen molar-refractivity contribution in [2.24, 2.45) is 5.73 Å². The lowest BCUT2D eigenvalue weighted by Gasteiger charge is -2.07. The van der Waals surface area contributed by atoms with Crippen LogP contribution in [-0.4, -0.2) is 21.8 Å². The first-order chi connectivity index (χ1) is 14.6. The number of nitrogens with one attached hydrogen (secondary N) is 1. The highest BCUT2D eigenvalue weighted by atomic mass is 32.1. The molecular weight excluding hydrogens is 420 g/mol. The lowest BCUT2D eigenvalue weighted by molar-refractivity contribution is -0.115. The summed E-state index contributed by atoms with van der Waals surface area (Å²) in [5.74, 6) is 0.0610. The van der Waals surface area contributed by atoms with Crippen molar-refractivity contribution in [3.8, 4) is 22.2 Å². The molecule has 150 valence electrons. The minimum Gasteiger partial charge on any atom is -0.439 e. The number of rotatable bonds is 7. The van der Waals surface area contributed by atoms with Crippen LogP contribution in [0.4, 0.5) is 5.69 Å². The minimum atomic E-state index is -0.533. The summed E-state index contributed by atoms with van der Waals surface area (Å²) in [6.45, 7) is 0. The average Bonchev–Trinajstić information content (AvgIpc) is 3.41. The van der Waals surface area contributed by atoms with Crippen LogP contribution in [0.2, 0.25) is 0 Å². The van der Waals surface area contributed by atoms with Crippen molar-refractivity contribution < 1.29 is 14.3 Å². The van der Waals surface area contributed by atoms with Gasteiger partial charge in [-0.15, -0.1) is 11.3 Å². The third-order valence-electron chi connectivity index (χ3n) is 4.02. The van der Waals surface area contributed by atoms with Crippen molar-refractivity contribution in [3.63, 3.8) is 0 Å². The quantitative estimate of drug-likeness (QED) is 0.448. The normalized spacial score (nSPS) is 10.5. The number of primary amides is 1. The van der Waals surface area contributed by atoms with Crippen LogP contribution in [0.25, 0.3) is 10.6 Å². The summed E-state index contributed by atoms with van der Waals surface area (Å²) in [5.41, 5.74) is 7.96. The van der Waals surface area contributed by atoms with E-state index in [0.29, 0.717) is 22.9 Å². The Morgan fingerprint density at radius 2 is 2.03 bits per heavy atom. The fraction of sp³-hybridized carbons (Fsp3) is 0.0476. The Bertz CT molecular complexity index is 1170. The number of amides is 2. The van der Waals surface area contributed by atoms with Crippen molar-refractivity contribution in [1.29, 1.82) is 0 Å². The molecule has 0 aliphatic heterocycles. The molecule has 0 bridgehead atoms. The van der Waals surface area contributed by atoms with E-state index in [-0.39, 0.29) is 12.3 Å². The molecule has 0 atom stereocenters. The molecule has 0 fully saturated rings. The van der Waals surface area contributed by atoms with E-state index in [9.17, 15) is 9.59 Å². The first-order valence-corrected chi connectivity index (χ1v) is 10.7. The molecule has 2 amide bonds. The lowest BCUT2D eigenvalue weighted by Crippen LogP contribution is -2.14. The summed E-state index contributed by atoms with van der Waals surface area (Å²) in [7, 11) is 0. The van der Waals surface area contributed by atoms with Crippen molar-refractivity contribution in [2.75, 3.05) is 5.32 Å². The fourth-order valence-corrected chi connectivity index (χ4v) is 4.16. The molecule has 0 saturated carbocycles. The van der Waals surface area contributed by atoms with Crippen LogP contribution in [0.5, 0.6) is 11.6 Å². The summed E-state index contributed by atoms with van der Waals surface area (Å²) in [4.78, 5) is 32.3. The number of ether oxygens (including phenoxy) is 1. The molecule has 0 aliphatic rings. The summed E-state index contributed by atoms with van der Waals surface area (Å²) in [6, 6.07) is 11.8. The third-order valence-corrected chi connectivity index (χ3v) is 5.65. The van der Waals surface area contributed by atoms with Crippen molar-refractivity contribution >= 4 is 40.2 Å². The van der Waals surface area contributed by atoms with Gasteiger partial charge in [0.15, 0.2) is 0 Å². The second kappa shape index (κ2) is 8.85. The number of thiazole rings is 1. The van der Waals surface area contributed by atoms with Gasteiger partial charge in [0.05, 0.1) is 24.0 Å². The second-order valence-corrected chi connectivity index (χ2v) is 7.90. The highest BCUT2D eigenvalue weighted by Crippen LogP contribution is 2.26. The Labute approximate surface area is 180 Å². The number of benzene rings is 1. The summed E-state index contributed by atoms with van der Waals surface area (Å²) in [6.07, 6.45) is 1.68. The first-order valence-electron chi connectivity index (χ1n) is 8.87. The number of hydrogen-bond acceptors (Lipinski definition) is 7. The van der Waals surface area contributed by atoms with Gasteiger partial charge < -0.3 is 15.8 Å². The zero-order valence-corrected chi connectivity index (χ0v) is 17.2. The zero-order chi connectivity index (χ0) is 20.9. The molecule has 0 unspecified atom stereocenters. The van der Waals surface area contributed by atoms with Gasteiger partial charge >= 0.3 is 0 Å². The number of nitrogens with two attached hydrogens (primary N) is 1. The standard InChI is InChI=1S/C21H16N4O3S2/c22-20(27)13-2-1-3-17(8-13)28-19-5-4-15(10-23-19)24-18(26)9-16-12-30-21(25-16)14-6-7-29-11-14/h1-8,10-12H,9H2,(H2,22,27)(H,24,26). The maximum atomic E-state index is 12.3. The van der Waals surface area contributed by atoms with Gasteiger partial charge in [-0.3, -0.25) is 9.59 Å². The molecular formula is C21H16N4O3S2. The number of carbonyl (C=O) groups is 2. The maximum Gasteiger partial charge on any atom is 0.248 e. The minimum absolute atomic E-state index is 0.179. The second-order valence-electron chi connectivity index (χ2n) is 6.26. The Hall–Kier alpha value is -3.56. The van der Waals surface area contributed by atoms with Crippen LogP contribution in [0.3, 0.4) is 0 Å². The van der Waals surface area contributed by atoms with E-state index in [1.807, 2.05) is 22.2 Å². The highest BCUT2D eigenvalue weighted by molar-refractivity contribution is 7.14. The van der Waals surface area contributed by atoms with Gasteiger partial charge in [-0.2, -0.15) is 11.3 Å². The number of hydrogen-bond donors (Lipinski definition) is 2. The molecule has 0 saturated heterocycles. The largest absolute Gasteiger partial charge is 0.439 e. The first kappa shape index (κ1) is 19.7. The third kappa shape index (κ3) is 4.88. The van der Waals surface area contributed by atoms with E-state index in [1.54, 1.807) is 41.7 Å². The Morgan fingerprint density at radius 1 is 1.13 bits per heavy atom. The van der Waals surface area contributed by atoms with E-state index < -0.39 is 5.91 Å². The van der Waals surface area contributed by atoms with Crippen molar-refractivity contribution in [1.82, 2.24) is 9.97 Å². The van der Waals surface area contributed by atoms with E-state index in [4.69, 9.17) is 10.5 Å². The molecule has 3 heterocycles. The van der Waals surface area contributed by atoms with Gasteiger partial charge in [-0.1, -0.05) is 6.07 Å². The van der Waals surface area contributed by atoms with E-state index in [2.05, 4.69) is 15.3 Å². The molecule has 4 aromatic rings. The van der Waals surface area contributed by atoms with E-state index in [0.717, 1.165) is 16.3 Å². The van der Waals surface area contributed by atoms with Gasteiger partial charge in [0.1, 0.15) is 10.8 Å². The maximum absolute atomic E-state index is 12.3. The molecule has 7 nitrogen and oxygen atoms in total. The topological polar surface area (TPSA) is 107 Å². The highest BCUT2D eigenvalue weighted by Gasteiger charge is 2.10. The number of aromatic nitrogens is 2. The Balaban J connectivity index is 1.35. The van der Waals surface area contributed by atoms with Gasteiger partial charge in [0.2, 0.25) is 17.7 Å². The van der Waals surface area contributed by atoms with Crippen LogP contribution >= 0.6 is 22.7 Å². The zero-order valence-electron chi connectivity index (χ0n) is 15.6. The van der Waals surface area contributed by atoms with E-state index in [1.165, 1.54) is 23.6 Å². The molecule has 30 heavy (non-hydrogen) atoms. The predicted molar refractivity (Wildman–Crippen MR) is 117 cm³/mol. The van der Waals surface area contributed by atoms with Crippen LogP contribution in [0.15, 0.2) is 64.8 Å². The van der Waals surface area contributed by atoms with Crippen LogP contribution in [0, 0.1) is 0 Å². The molecule has 3 aromatic heterocycles. The van der Waals surface area contributed by atoms with E-state index >= 15 is 0 Å². The van der Waals surface area contributed by atoms with Gasteiger partial charge in [0, 0.05) is 28.0 Å². The monoisotopic (exact) mass is 436 g/mol. The molecule has 1 aromatic carbocycles. The number of anilines is 1.